The fraction of sp³-hybridized carbons (Fsp3) is 0.625. The summed E-state index contributed by atoms with van der Waals surface area (Å²) in [6.07, 6.45) is 4.21. The Morgan fingerprint density at radius 2 is 2.07 bits per heavy atom. The number of rotatable bonds is 11. The molecule has 41 heavy (non-hydrogen) atoms. The summed E-state index contributed by atoms with van der Waals surface area (Å²) < 4.78 is 42.5. The van der Waals surface area contributed by atoms with Gasteiger partial charge in [0, 0.05) is 44.7 Å². The van der Waals surface area contributed by atoms with Gasteiger partial charge in [0.1, 0.15) is 11.9 Å². The molecule has 2 aromatic rings. The van der Waals surface area contributed by atoms with E-state index >= 15 is 8.78 Å². The number of ether oxygens (including phenoxy) is 2. The second kappa shape index (κ2) is 12.3. The number of unbranched alkanes of at least 4 members (excludes halogenated alkanes) is 1. The SMILES string of the molecule is COC(C)(C)[C@@H]1Cc2c(cccc2[C@@H](C(=O)O)N2CC[C@@H](C(F)(F)CCCCc3ccc4c(n3)NCCC4)C2)CO1. The van der Waals surface area contributed by atoms with Crippen molar-refractivity contribution >= 4 is 11.8 Å². The van der Waals surface area contributed by atoms with Gasteiger partial charge in [-0.1, -0.05) is 24.3 Å². The Hall–Kier alpha value is -2.62. The van der Waals surface area contributed by atoms with Gasteiger partial charge in [0.2, 0.25) is 0 Å². The Bertz CT molecular complexity index is 1240. The minimum atomic E-state index is -2.85. The summed E-state index contributed by atoms with van der Waals surface area (Å²) in [5, 5.41) is 13.6. The van der Waals surface area contributed by atoms with Gasteiger partial charge in [-0.15, -0.1) is 0 Å². The Morgan fingerprint density at radius 3 is 2.85 bits per heavy atom. The molecule has 0 aliphatic carbocycles. The number of hydrogen-bond acceptors (Lipinski definition) is 6. The van der Waals surface area contributed by atoms with Gasteiger partial charge in [-0.05, 0) is 87.2 Å². The van der Waals surface area contributed by atoms with Crippen LogP contribution in [0.15, 0.2) is 30.3 Å². The zero-order valence-corrected chi connectivity index (χ0v) is 24.4. The molecule has 1 aromatic carbocycles. The van der Waals surface area contributed by atoms with Gasteiger partial charge in [0.05, 0.1) is 18.3 Å². The van der Waals surface area contributed by atoms with Crippen LogP contribution in [-0.4, -0.2) is 65.3 Å². The monoisotopic (exact) mass is 571 g/mol. The number of aryl methyl sites for hydroxylation is 2. The lowest BCUT2D eigenvalue weighted by molar-refractivity contribution is -0.143. The van der Waals surface area contributed by atoms with Crippen LogP contribution in [0.4, 0.5) is 14.6 Å². The maximum atomic E-state index is 15.4. The lowest BCUT2D eigenvalue weighted by Crippen LogP contribution is -2.44. The van der Waals surface area contributed by atoms with Gasteiger partial charge < -0.3 is 19.9 Å². The van der Waals surface area contributed by atoms with Crippen molar-refractivity contribution < 1.29 is 28.2 Å². The van der Waals surface area contributed by atoms with Gasteiger partial charge in [0.25, 0.3) is 5.92 Å². The maximum Gasteiger partial charge on any atom is 0.325 e. The normalized spacial score (nSPS) is 22.1. The molecule has 9 heteroatoms. The zero-order chi connectivity index (χ0) is 29.2. The Kier molecular flexibility index (Phi) is 8.97. The second-order valence-electron chi connectivity index (χ2n) is 12.3. The number of carbonyl (C=O) groups is 1. The van der Waals surface area contributed by atoms with E-state index in [4.69, 9.17) is 9.47 Å². The van der Waals surface area contributed by atoms with Crippen LogP contribution in [0.25, 0.3) is 0 Å². The largest absolute Gasteiger partial charge is 0.480 e. The van der Waals surface area contributed by atoms with Gasteiger partial charge in [0.15, 0.2) is 0 Å². The number of carboxylic acids is 1. The van der Waals surface area contributed by atoms with E-state index < -0.39 is 29.5 Å². The van der Waals surface area contributed by atoms with Crippen LogP contribution in [0.1, 0.15) is 79.9 Å². The third kappa shape index (κ3) is 6.57. The highest BCUT2D eigenvalue weighted by Crippen LogP contribution is 2.41. The van der Waals surface area contributed by atoms with Gasteiger partial charge in [-0.3, -0.25) is 9.69 Å². The number of carboxylic acid groups (broad SMARTS) is 1. The summed E-state index contributed by atoms with van der Waals surface area (Å²) >= 11 is 0. The smallest absolute Gasteiger partial charge is 0.325 e. The topological polar surface area (TPSA) is 83.9 Å². The molecule has 0 amide bonds. The molecule has 0 radical (unpaired) electrons. The lowest BCUT2D eigenvalue weighted by Gasteiger charge is -2.38. The van der Waals surface area contributed by atoms with Crippen LogP contribution in [0.2, 0.25) is 0 Å². The number of hydrogen-bond donors (Lipinski definition) is 2. The predicted octanol–water partition coefficient (Wildman–Crippen LogP) is 5.80. The first kappa shape index (κ1) is 29.9. The summed E-state index contributed by atoms with van der Waals surface area (Å²) in [7, 11) is 1.64. The molecule has 0 unspecified atom stereocenters. The van der Waals surface area contributed by atoms with Gasteiger partial charge in [-0.2, -0.15) is 0 Å². The van der Waals surface area contributed by atoms with Crippen LogP contribution in [0, 0.1) is 5.92 Å². The van der Waals surface area contributed by atoms with Crippen molar-refractivity contribution in [2.45, 2.75) is 95.5 Å². The quantitative estimate of drug-likeness (QED) is 0.330. The molecule has 0 saturated carbocycles. The summed E-state index contributed by atoms with van der Waals surface area (Å²) in [4.78, 5) is 19.0. The fourth-order valence-corrected chi connectivity index (χ4v) is 6.54. The van der Waals surface area contributed by atoms with E-state index in [0.29, 0.717) is 44.4 Å². The molecule has 2 N–H and O–H groups in total. The van der Waals surface area contributed by atoms with Crippen LogP contribution in [-0.2, 0) is 40.1 Å². The molecule has 4 heterocycles. The summed E-state index contributed by atoms with van der Waals surface area (Å²) in [6, 6.07) is 8.75. The first-order valence-electron chi connectivity index (χ1n) is 14.9. The number of anilines is 1. The van der Waals surface area contributed by atoms with Crippen LogP contribution in [0.3, 0.4) is 0 Å². The highest BCUT2D eigenvalue weighted by atomic mass is 19.3. The van der Waals surface area contributed by atoms with Gasteiger partial charge in [-0.25, -0.2) is 13.8 Å². The van der Waals surface area contributed by atoms with E-state index in [2.05, 4.69) is 16.4 Å². The highest BCUT2D eigenvalue weighted by Gasteiger charge is 2.46. The molecule has 224 valence electrons. The molecule has 3 aliphatic rings. The number of likely N-dealkylation sites (tertiary alicyclic amines) is 1. The molecular weight excluding hydrogens is 528 g/mol. The number of methoxy groups -OCH3 is 1. The third-order valence-electron chi connectivity index (χ3n) is 9.30. The number of nitrogens with one attached hydrogen (secondary N) is 1. The lowest BCUT2D eigenvalue weighted by atomic mass is 9.85. The minimum Gasteiger partial charge on any atom is -0.480 e. The Morgan fingerprint density at radius 1 is 1.24 bits per heavy atom. The van der Waals surface area contributed by atoms with Crippen molar-refractivity contribution in [1.29, 1.82) is 0 Å². The van der Waals surface area contributed by atoms with E-state index in [9.17, 15) is 9.90 Å². The molecule has 1 aromatic heterocycles. The predicted molar refractivity (Wildman–Crippen MR) is 153 cm³/mol. The van der Waals surface area contributed by atoms with E-state index in [0.717, 1.165) is 42.0 Å². The van der Waals surface area contributed by atoms with Crippen LogP contribution >= 0.6 is 0 Å². The van der Waals surface area contributed by atoms with E-state index in [1.165, 1.54) is 5.56 Å². The zero-order valence-electron chi connectivity index (χ0n) is 24.4. The number of benzene rings is 1. The van der Waals surface area contributed by atoms with Crippen molar-refractivity contribution in [3.63, 3.8) is 0 Å². The van der Waals surface area contributed by atoms with Gasteiger partial charge >= 0.3 is 5.97 Å². The van der Waals surface area contributed by atoms with Crippen molar-refractivity contribution in [3.05, 3.63) is 58.3 Å². The van der Waals surface area contributed by atoms with Crippen LogP contribution < -0.4 is 5.32 Å². The number of halogens is 2. The number of aliphatic carboxylic acids is 1. The van der Waals surface area contributed by atoms with E-state index in [-0.39, 0.29) is 25.5 Å². The maximum absolute atomic E-state index is 15.4. The number of aromatic nitrogens is 1. The molecule has 0 spiro atoms. The van der Waals surface area contributed by atoms with Crippen molar-refractivity contribution in [1.82, 2.24) is 9.88 Å². The molecule has 1 fully saturated rings. The molecule has 0 bridgehead atoms. The number of pyridine rings is 1. The summed E-state index contributed by atoms with van der Waals surface area (Å²) in [6.45, 7) is 5.59. The van der Waals surface area contributed by atoms with E-state index in [1.54, 1.807) is 12.0 Å². The Labute approximate surface area is 241 Å². The van der Waals surface area contributed by atoms with E-state index in [1.807, 2.05) is 38.1 Å². The highest BCUT2D eigenvalue weighted by molar-refractivity contribution is 5.76. The number of nitrogens with zero attached hydrogens (tertiary/aromatic N) is 2. The first-order valence-corrected chi connectivity index (χ1v) is 14.9. The standard InChI is InChI=1S/C32H43F2N3O4/c1-31(2,40-3)27-18-26-22(20-41-27)8-6-11-25(26)28(30(38)39)37-17-14-23(19-37)32(33,34)15-5-4-10-24-13-12-21-9-7-16-35-29(21)36-24/h6,8,11-13,23,27-28H,4-5,7,9-10,14-20H2,1-3H3,(H,35,36)(H,38,39)/t23-,27+,28+/m1/s1. The molecule has 1 saturated heterocycles. The third-order valence-corrected chi connectivity index (χ3v) is 9.30. The Balaban J connectivity index is 1.21. The molecular formula is C32H43F2N3O4. The van der Waals surface area contributed by atoms with Crippen molar-refractivity contribution in [3.8, 4) is 0 Å². The summed E-state index contributed by atoms with van der Waals surface area (Å²) in [5.74, 6) is -3.79. The fourth-order valence-electron chi connectivity index (χ4n) is 6.54. The first-order chi connectivity index (χ1) is 19.6. The molecule has 7 nitrogen and oxygen atoms in total. The average molecular weight is 572 g/mol. The molecule has 5 rings (SSSR count). The number of fused-ring (bicyclic) bond motifs is 2. The second-order valence-corrected chi connectivity index (χ2v) is 12.3. The average Bonchev–Trinajstić information content (AvgIpc) is 3.46. The summed E-state index contributed by atoms with van der Waals surface area (Å²) in [5.41, 5.74) is 4.17. The molecule has 3 aliphatic heterocycles. The van der Waals surface area contributed by atoms with Crippen LogP contribution in [0.5, 0.6) is 0 Å². The minimum absolute atomic E-state index is 0.0647. The number of alkyl halides is 2. The molecule has 3 atom stereocenters. The van der Waals surface area contributed by atoms with Crippen molar-refractivity contribution in [2.24, 2.45) is 5.92 Å². The van der Waals surface area contributed by atoms with Crippen molar-refractivity contribution in [2.75, 3.05) is 32.1 Å².